The number of anilines is 1. The first-order valence-electron chi connectivity index (χ1n) is 8.11. The van der Waals surface area contributed by atoms with E-state index in [4.69, 9.17) is 9.15 Å². The van der Waals surface area contributed by atoms with Crippen LogP contribution in [0.3, 0.4) is 0 Å². The van der Waals surface area contributed by atoms with Crippen LogP contribution in [-0.2, 0) is 4.79 Å². The predicted molar refractivity (Wildman–Crippen MR) is 104 cm³/mol. The number of nitrogens with zero attached hydrogens (tertiary/aromatic N) is 1. The molecule has 0 unspecified atom stereocenters. The number of carbonyl (C=O) groups excluding carboxylic acids is 3. The lowest BCUT2D eigenvalue weighted by atomic mass is 10.2. The molecular formula is C19H13N3O5S. The van der Waals surface area contributed by atoms with Crippen LogP contribution in [0, 0.1) is 0 Å². The molecule has 1 fully saturated rings. The number of carbonyl (C=O) groups is 3. The number of methoxy groups -OCH3 is 1. The fourth-order valence-corrected chi connectivity index (χ4v) is 3.33. The number of furan rings is 1. The zero-order valence-corrected chi connectivity index (χ0v) is 15.3. The SMILES string of the molecule is COc1cccc(NC(=O)c2cncc3cc(C=C4SC(=O)NC4=O)oc23)c1. The molecule has 28 heavy (non-hydrogen) atoms. The average Bonchev–Trinajstić information content (AvgIpc) is 3.23. The number of fused-ring (bicyclic) bond motifs is 1. The van der Waals surface area contributed by atoms with Gasteiger partial charge in [-0.05, 0) is 30.0 Å². The van der Waals surface area contributed by atoms with Crippen molar-refractivity contribution in [3.05, 3.63) is 59.0 Å². The second-order valence-corrected chi connectivity index (χ2v) is 6.81. The van der Waals surface area contributed by atoms with Crippen LogP contribution in [0.2, 0.25) is 0 Å². The summed E-state index contributed by atoms with van der Waals surface area (Å²) in [6.45, 7) is 0. The molecule has 1 aromatic carbocycles. The molecule has 3 aromatic rings. The lowest BCUT2D eigenvalue weighted by Gasteiger charge is -2.07. The summed E-state index contributed by atoms with van der Waals surface area (Å²) in [4.78, 5) is 40.0. The van der Waals surface area contributed by atoms with Crippen LogP contribution in [0.15, 0.2) is 52.0 Å². The molecule has 0 radical (unpaired) electrons. The highest BCUT2D eigenvalue weighted by atomic mass is 32.2. The molecular weight excluding hydrogens is 382 g/mol. The second-order valence-electron chi connectivity index (χ2n) is 5.79. The van der Waals surface area contributed by atoms with Gasteiger partial charge in [0.1, 0.15) is 17.1 Å². The number of amides is 3. The van der Waals surface area contributed by atoms with Gasteiger partial charge in [0, 0.05) is 35.6 Å². The zero-order chi connectivity index (χ0) is 19.7. The average molecular weight is 395 g/mol. The predicted octanol–water partition coefficient (Wildman–Crippen LogP) is 3.41. The van der Waals surface area contributed by atoms with Crippen molar-refractivity contribution in [2.75, 3.05) is 12.4 Å². The molecule has 140 valence electrons. The first kappa shape index (κ1) is 17.8. The second kappa shape index (κ2) is 7.20. The number of thioether (sulfide) groups is 1. The Hall–Kier alpha value is -3.59. The van der Waals surface area contributed by atoms with Gasteiger partial charge in [0.25, 0.3) is 17.1 Å². The van der Waals surface area contributed by atoms with Gasteiger partial charge in [0.15, 0.2) is 5.58 Å². The summed E-state index contributed by atoms with van der Waals surface area (Å²) in [6.07, 6.45) is 4.41. The van der Waals surface area contributed by atoms with E-state index in [1.165, 1.54) is 12.3 Å². The number of ether oxygens (including phenoxy) is 1. The first-order chi connectivity index (χ1) is 13.5. The first-order valence-corrected chi connectivity index (χ1v) is 8.93. The Morgan fingerprint density at radius 3 is 2.89 bits per heavy atom. The minimum atomic E-state index is -0.482. The summed E-state index contributed by atoms with van der Waals surface area (Å²) in [5, 5.41) is 5.11. The Labute approximate surface area is 162 Å². The smallest absolute Gasteiger partial charge is 0.290 e. The molecule has 9 heteroatoms. The van der Waals surface area contributed by atoms with E-state index in [0.717, 1.165) is 11.8 Å². The van der Waals surface area contributed by atoms with E-state index in [-0.39, 0.29) is 10.5 Å². The number of rotatable bonds is 4. The minimum absolute atomic E-state index is 0.222. The van der Waals surface area contributed by atoms with Crippen molar-refractivity contribution in [2.45, 2.75) is 0 Å². The highest BCUT2D eigenvalue weighted by Crippen LogP contribution is 2.29. The van der Waals surface area contributed by atoms with Gasteiger partial charge in [0.05, 0.1) is 12.0 Å². The highest BCUT2D eigenvalue weighted by Gasteiger charge is 2.25. The van der Waals surface area contributed by atoms with Gasteiger partial charge in [0.2, 0.25) is 0 Å². The summed E-state index contributed by atoms with van der Waals surface area (Å²) in [7, 11) is 1.54. The normalized spacial score (nSPS) is 15.1. The van der Waals surface area contributed by atoms with E-state index in [1.807, 2.05) is 0 Å². The highest BCUT2D eigenvalue weighted by molar-refractivity contribution is 8.18. The molecule has 1 aliphatic rings. The molecule has 0 atom stereocenters. The van der Waals surface area contributed by atoms with Crippen LogP contribution in [-0.4, -0.2) is 29.1 Å². The van der Waals surface area contributed by atoms with Gasteiger partial charge < -0.3 is 14.5 Å². The number of imide groups is 1. The van der Waals surface area contributed by atoms with Crippen molar-refractivity contribution in [1.82, 2.24) is 10.3 Å². The van der Waals surface area contributed by atoms with E-state index >= 15 is 0 Å². The summed E-state index contributed by atoms with van der Waals surface area (Å²) in [6, 6.07) is 8.60. The standard InChI is InChI=1S/C19H13N3O5S/c1-26-12-4-2-3-11(6-12)21-17(23)14-9-20-8-10-5-13(27-16(10)14)7-15-18(24)22-19(25)28-15/h2-9H,1H3,(H,21,23)(H,22,24,25). The molecule has 3 heterocycles. The van der Waals surface area contributed by atoms with Gasteiger partial charge in [-0.1, -0.05) is 6.07 Å². The number of hydrogen-bond acceptors (Lipinski definition) is 7. The van der Waals surface area contributed by atoms with Crippen LogP contribution in [0.4, 0.5) is 10.5 Å². The summed E-state index contributed by atoms with van der Waals surface area (Å²) in [5.41, 5.74) is 1.13. The van der Waals surface area contributed by atoms with Gasteiger partial charge in [-0.3, -0.25) is 24.7 Å². The number of pyridine rings is 1. The van der Waals surface area contributed by atoms with Crippen molar-refractivity contribution in [3.8, 4) is 5.75 Å². The summed E-state index contributed by atoms with van der Waals surface area (Å²) >= 11 is 0.789. The van der Waals surface area contributed by atoms with E-state index in [2.05, 4.69) is 15.6 Å². The number of aromatic nitrogens is 1. The van der Waals surface area contributed by atoms with Gasteiger partial charge in [-0.2, -0.15) is 0 Å². The number of hydrogen-bond donors (Lipinski definition) is 2. The Bertz CT molecular complexity index is 1150. The van der Waals surface area contributed by atoms with Crippen LogP contribution < -0.4 is 15.4 Å². The molecule has 2 aromatic heterocycles. The van der Waals surface area contributed by atoms with Crippen LogP contribution in [0.25, 0.3) is 17.0 Å². The Morgan fingerprint density at radius 1 is 1.29 bits per heavy atom. The van der Waals surface area contributed by atoms with Crippen LogP contribution >= 0.6 is 11.8 Å². The molecule has 1 saturated heterocycles. The monoisotopic (exact) mass is 395 g/mol. The molecule has 1 aliphatic heterocycles. The Balaban J connectivity index is 1.65. The fraction of sp³-hybridized carbons (Fsp3) is 0.0526. The third-order valence-electron chi connectivity index (χ3n) is 3.93. The lowest BCUT2D eigenvalue weighted by molar-refractivity contribution is -0.115. The van der Waals surface area contributed by atoms with Crippen molar-refractivity contribution in [3.63, 3.8) is 0 Å². The third-order valence-corrected chi connectivity index (χ3v) is 4.74. The number of nitrogens with one attached hydrogen (secondary N) is 2. The largest absolute Gasteiger partial charge is 0.497 e. The van der Waals surface area contributed by atoms with Crippen molar-refractivity contribution < 1.29 is 23.5 Å². The van der Waals surface area contributed by atoms with E-state index in [1.54, 1.807) is 43.6 Å². The number of benzene rings is 1. The maximum Gasteiger partial charge on any atom is 0.290 e. The molecule has 0 saturated carbocycles. The molecule has 2 N–H and O–H groups in total. The quantitative estimate of drug-likeness (QED) is 0.651. The molecule has 0 aliphatic carbocycles. The van der Waals surface area contributed by atoms with Gasteiger partial charge in [-0.15, -0.1) is 0 Å². The van der Waals surface area contributed by atoms with Crippen LogP contribution in [0.5, 0.6) is 5.75 Å². The molecule has 0 bridgehead atoms. The molecule has 3 amide bonds. The van der Waals surface area contributed by atoms with E-state index in [0.29, 0.717) is 28.2 Å². The van der Waals surface area contributed by atoms with Crippen molar-refractivity contribution in [2.24, 2.45) is 0 Å². The van der Waals surface area contributed by atoms with Gasteiger partial charge in [-0.25, -0.2) is 0 Å². The zero-order valence-electron chi connectivity index (χ0n) is 14.5. The van der Waals surface area contributed by atoms with Crippen LogP contribution in [0.1, 0.15) is 16.1 Å². The fourth-order valence-electron chi connectivity index (χ4n) is 2.66. The molecule has 8 nitrogen and oxygen atoms in total. The van der Waals surface area contributed by atoms with Crippen molar-refractivity contribution in [1.29, 1.82) is 0 Å². The van der Waals surface area contributed by atoms with E-state index in [9.17, 15) is 14.4 Å². The summed E-state index contributed by atoms with van der Waals surface area (Å²) in [5.74, 6) is 0.0707. The molecule has 0 spiro atoms. The van der Waals surface area contributed by atoms with Crippen molar-refractivity contribution >= 4 is 51.5 Å². The molecule has 4 rings (SSSR count). The van der Waals surface area contributed by atoms with E-state index < -0.39 is 17.1 Å². The van der Waals surface area contributed by atoms with Gasteiger partial charge >= 0.3 is 0 Å². The topological polar surface area (TPSA) is 111 Å². The Kier molecular flexibility index (Phi) is 4.58. The summed E-state index contributed by atoms with van der Waals surface area (Å²) < 4.78 is 10.9. The maximum absolute atomic E-state index is 12.7. The minimum Gasteiger partial charge on any atom is -0.497 e. The lowest BCUT2D eigenvalue weighted by Crippen LogP contribution is -2.17. The third kappa shape index (κ3) is 3.47. The Morgan fingerprint density at radius 2 is 2.14 bits per heavy atom. The maximum atomic E-state index is 12.7.